The lowest BCUT2D eigenvalue weighted by molar-refractivity contribution is 0.409. The molecular formula is C23H20F2. The van der Waals surface area contributed by atoms with Gasteiger partial charge in [0, 0.05) is 5.57 Å². The summed E-state index contributed by atoms with van der Waals surface area (Å²) >= 11 is 0. The van der Waals surface area contributed by atoms with Crippen LogP contribution in [0.1, 0.15) is 43.2 Å². The molecule has 2 heteroatoms. The highest BCUT2D eigenvalue weighted by molar-refractivity contribution is 5.84. The van der Waals surface area contributed by atoms with Gasteiger partial charge in [0.15, 0.2) is 0 Å². The van der Waals surface area contributed by atoms with Gasteiger partial charge in [0.2, 0.25) is 0 Å². The SMILES string of the molecule is Fc1ccc(C2=C=CC3(CCCC3)CC(c3ccc(F)cc3)=C2)cc1. The molecule has 0 unspecified atom stereocenters. The van der Waals surface area contributed by atoms with Crippen LogP contribution < -0.4 is 0 Å². The van der Waals surface area contributed by atoms with E-state index in [1.165, 1.54) is 42.7 Å². The number of hydrogen-bond donors (Lipinski definition) is 0. The van der Waals surface area contributed by atoms with Crippen molar-refractivity contribution in [3.8, 4) is 0 Å². The van der Waals surface area contributed by atoms with Gasteiger partial charge in [0.05, 0.1) is 0 Å². The van der Waals surface area contributed by atoms with E-state index in [1.54, 1.807) is 12.1 Å². The first-order valence-electron chi connectivity index (χ1n) is 8.84. The van der Waals surface area contributed by atoms with Gasteiger partial charge in [0.1, 0.15) is 11.6 Å². The topological polar surface area (TPSA) is 0 Å². The van der Waals surface area contributed by atoms with Gasteiger partial charge >= 0.3 is 0 Å². The predicted octanol–water partition coefficient (Wildman–Crippen LogP) is 6.55. The zero-order chi connectivity index (χ0) is 17.3. The molecule has 0 saturated heterocycles. The van der Waals surface area contributed by atoms with Crippen LogP contribution in [0.15, 0.2) is 66.4 Å². The van der Waals surface area contributed by atoms with Crippen LogP contribution >= 0.6 is 0 Å². The van der Waals surface area contributed by atoms with Crippen molar-refractivity contribution in [1.29, 1.82) is 0 Å². The van der Waals surface area contributed by atoms with E-state index >= 15 is 0 Å². The van der Waals surface area contributed by atoms with Crippen molar-refractivity contribution in [2.75, 3.05) is 0 Å². The minimum Gasteiger partial charge on any atom is -0.207 e. The fourth-order valence-electron chi connectivity index (χ4n) is 3.97. The molecule has 0 bridgehead atoms. The molecule has 1 fully saturated rings. The number of hydrogen-bond acceptors (Lipinski definition) is 0. The third-order valence-corrected chi connectivity index (χ3v) is 5.36. The molecule has 0 heterocycles. The first kappa shape index (κ1) is 16.1. The molecule has 0 radical (unpaired) electrons. The van der Waals surface area contributed by atoms with Crippen molar-refractivity contribution in [3.05, 3.63) is 89.2 Å². The van der Waals surface area contributed by atoms with E-state index < -0.39 is 0 Å². The van der Waals surface area contributed by atoms with Gasteiger partial charge in [-0.3, -0.25) is 0 Å². The lowest BCUT2D eigenvalue weighted by atomic mass is 9.79. The summed E-state index contributed by atoms with van der Waals surface area (Å²) in [6.45, 7) is 0. The van der Waals surface area contributed by atoms with Crippen LogP contribution in [0, 0.1) is 17.0 Å². The van der Waals surface area contributed by atoms with E-state index in [0.29, 0.717) is 0 Å². The average molecular weight is 334 g/mol. The molecule has 126 valence electrons. The molecule has 2 aliphatic carbocycles. The van der Waals surface area contributed by atoms with Crippen molar-refractivity contribution >= 4 is 11.1 Å². The van der Waals surface area contributed by atoms with Gasteiger partial charge in [-0.2, -0.15) is 0 Å². The van der Waals surface area contributed by atoms with Crippen LogP contribution in [-0.2, 0) is 0 Å². The highest BCUT2D eigenvalue weighted by Gasteiger charge is 2.33. The van der Waals surface area contributed by atoms with E-state index in [1.807, 2.05) is 12.1 Å². The second-order valence-corrected chi connectivity index (χ2v) is 7.13. The second kappa shape index (κ2) is 6.46. The Morgan fingerprint density at radius 3 is 1.92 bits per heavy atom. The molecular weight excluding hydrogens is 314 g/mol. The number of benzene rings is 2. The van der Waals surface area contributed by atoms with Gasteiger partial charge < -0.3 is 0 Å². The first-order chi connectivity index (χ1) is 12.1. The Balaban J connectivity index is 1.82. The molecule has 4 rings (SSSR count). The van der Waals surface area contributed by atoms with Crippen LogP contribution in [0.2, 0.25) is 0 Å². The van der Waals surface area contributed by atoms with Gasteiger partial charge in [-0.05, 0) is 77.8 Å². The monoisotopic (exact) mass is 334 g/mol. The van der Waals surface area contributed by atoms with Crippen molar-refractivity contribution in [2.45, 2.75) is 32.1 Å². The molecule has 0 N–H and O–H groups in total. The maximum absolute atomic E-state index is 13.3. The smallest absolute Gasteiger partial charge is 0.123 e. The molecule has 2 aromatic carbocycles. The highest BCUT2D eigenvalue weighted by atomic mass is 19.1. The first-order valence-corrected chi connectivity index (χ1v) is 8.84. The average Bonchev–Trinajstić information content (AvgIpc) is 2.99. The lowest BCUT2D eigenvalue weighted by Gasteiger charge is -2.25. The Morgan fingerprint density at radius 2 is 1.32 bits per heavy atom. The zero-order valence-corrected chi connectivity index (χ0v) is 14.1. The molecule has 0 nitrogen and oxygen atoms in total. The standard InChI is InChI=1S/C23H20F2/c24-21-7-3-17(4-8-21)19-11-14-23(12-1-2-13-23)16-20(15-19)18-5-9-22(25)10-6-18/h3-10,14-15H,1-2,12-13,16H2. The Bertz CT molecular complexity index is 857. The summed E-state index contributed by atoms with van der Waals surface area (Å²) in [5, 5.41) is 0. The maximum Gasteiger partial charge on any atom is 0.123 e. The molecule has 0 aliphatic heterocycles. The van der Waals surface area contributed by atoms with Crippen molar-refractivity contribution in [2.24, 2.45) is 5.41 Å². The molecule has 2 aromatic rings. The van der Waals surface area contributed by atoms with E-state index in [0.717, 1.165) is 36.0 Å². The third kappa shape index (κ3) is 3.36. The highest BCUT2D eigenvalue weighted by Crippen LogP contribution is 2.47. The van der Waals surface area contributed by atoms with Crippen LogP contribution in [0.4, 0.5) is 8.78 Å². The summed E-state index contributed by atoms with van der Waals surface area (Å²) < 4.78 is 26.6. The number of halogens is 2. The Hall–Kier alpha value is -2.44. The zero-order valence-electron chi connectivity index (χ0n) is 14.1. The van der Waals surface area contributed by atoms with Crippen LogP contribution in [0.25, 0.3) is 11.1 Å². The van der Waals surface area contributed by atoms with Gasteiger partial charge in [-0.1, -0.05) is 37.1 Å². The molecule has 0 amide bonds. The van der Waals surface area contributed by atoms with Crippen LogP contribution in [0.3, 0.4) is 0 Å². The minimum absolute atomic E-state index is 0.141. The molecule has 25 heavy (non-hydrogen) atoms. The maximum atomic E-state index is 13.3. The fourth-order valence-corrected chi connectivity index (χ4v) is 3.97. The van der Waals surface area contributed by atoms with Crippen LogP contribution in [-0.4, -0.2) is 0 Å². The predicted molar refractivity (Wildman–Crippen MR) is 97.8 cm³/mol. The quantitative estimate of drug-likeness (QED) is 0.546. The second-order valence-electron chi connectivity index (χ2n) is 7.13. The van der Waals surface area contributed by atoms with E-state index in [2.05, 4.69) is 17.9 Å². The lowest BCUT2D eigenvalue weighted by Crippen LogP contribution is -2.12. The summed E-state index contributed by atoms with van der Waals surface area (Å²) in [6.07, 6.45) is 10.1. The Labute approximate surface area is 147 Å². The summed E-state index contributed by atoms with van der Waals surface area (Å²) in [5.74, 6) is -0.460. The normalized spacial score (nSPS) is 18.8. The molecule has 0 atom stereocenters. The van der Waals surface area contributed by atoms with Gasteiger partial charge in [-0.15, -0.1) is 5.73 Å². The summed E-state index contributed by atoms with van der Waals surface area (Å²) in [5.41, 5.74) is 7.78. The van der Waals surface area contributed by atoms with E-state index in [4.69, 9.17) is 0 Å². The molecule has 1 spiro atoms. The van der Waals surface area contributed by atoms with Crippen molar-refractivity contribution < 1.29 is 8.78 Å². The fraction of sp³-hybridized carbons (Fsp3) is 0.261. The van der Waals surface area contributed by atoms with Crippen LogP contribution in [0.5, 0.6) is 0 Å². The summed E-state index contributed by atoms with van der Waals surface area (Å²) in [6, 6.07) is 13.2. The minimum atomic E-state index is -0.239. The summed E-state index contributed by atoms with van der Waals surface area (Å²) in [4.78, 5) is 0. The van der Waals surface area contributed by atoms with Gasteiger partial charge in [-0.25, -0.2) is 8.78 Å². The van der Waals surface area contributed by atoms with E-state index in [-0.39, 0.29) is 17.0 Å². The Morgan fingerprint density at radius 1 is 0.760 bits per heavy atom. The molecule has 2 aliphatic rings. The Kier molecular flexibility index (Phi) is 4.15. The molecule has 0 aromatic heterocycles. The van der Waals surface area contributed by atoms with Crippen molar-refractivity contribution in [1.82, 2.24) is 0 Å². The number of rotatable bonds is 2. The van der Waals surface area contributed by atoms with Crippen molar-refractivity contribution in [3.63, 3.8) is 0 Å². The van der Waals surface area contributed by atoms with E-state index in [9.17, 15) is 8.78 Å². The van der Waals surface area contributed by atoms with Gasteiger partial charge in [0.25, 0.3) is 0 Å². The molecule has 1 saturated carbocycles. The summed E-state index contributed by atoms with van der Waals surface area (Å²) in [7, 11) is 0. The third-order valence-electron chi connectivity index (χ3n) is 5.36. The number of allylic oxidation sites excluding steroid dienone is 3. The largest absolute Gasteiger partial charge is 0.207 e.